The van der Waals surface area contributed by atoms with Gasteiger partial charge in [0.15, 0.2) is 5.65 Å². The summed E-state index contributed by atoms with van der Waals surface area (Å²) in [5.74, 6) is 1.25. The number of nitrogens with one attached hydrogen (secondary N) is 1. The topological polar surface area (TPSA) is 37.9 Å². The highest BCUT2D eigenvalue weighted by Crippen LogP contribution is 2.29. The van der Waals surface area contributed by atoms with Crippen LogP contribution in [0.4, 0.5) is 5.82 Å². The Labute approximate surface area is 152 Å². The normalized spacial score (nSPS) is 16.0. The number of piperazine rings is 1. The molecule has 0 amide bonds. The highest BCUT2D eigenvalue weighted by Gasteiger charge is 2.25. The third kappa shape index (κ3) is 2.93. The van der Waals surface area contributed by atoms with Gasteiger partial charge in [0, 0.05) is 17.3 Å². The zero-order valence-corrected chi connectivity index (χ0v) is 16.1. The van der Waals surface area contributed by atoms with E-state index in [1.54, 1.807) is 16.2 Å². The number of fused-ring (bicyclic) bond motifs is 1. The first-order valence-corrected chi connectivity index (χ1v) is 10.1. The average Bonchev–Trinajstić information content (AvgIpc) is 3.30. The van der Waals surface area contributed by atoms with Crippen LogP contribution in [0.25, 0.3) is 16.2 Å². The number of nitrogens with zero attached hydrogens (tertiary/aromatic N) is 4. The standard InChI is InChI=1S/C19H25N5S/c1-4-15-14(3)20-18-13-16(17-7-6-12-25-17)21-24(18)19(15)23-10-8-22(5-2)9-11-23/h6-7,12-13H,4-5,8-11H2,1-3H3/p+1. The number of quaternary nitrogens is 1. The Morgan fingerprint density at radius 3 is 2.68 bits per heavy atom. The molecule has 3 aromatic rings. The second-order valence-corrected chi connectivity index (χ2v) is 7.67. The zero-order chi connectivity index (χ0) is 17.4. The lowest BCUT2D eigenvalue weighted by atomic mass is 10.1. The van der Waals surface area contributed by atoms with Crippen LogP contribution in [0.5, 0.6) is 0 Å². The van der Waals surface area contributed by atoms with Gasteiger partial charge in [-0.25, -0.2) is 4.98 Å². The van der Waals surface area contributed by atoms with Crippen LogP contribution in [0.15, 0.2) is 23.6 Å². The summed E-state index contributed by atoms with van der Waals surface area (Å²) in [7, 11) is 0. The fourth-order valence-electron chi connectivity index (χ4n) is 3.81. The van der Waals surface area contributed by atoms with E-state index < -0.39 is 0 Å². The molecule has 0 aromatic carbocycles. The SMILES string of the molecule is CCc1c(C)nc2cc(-c3cccs3)nn2c1N1CC[NH+](CC)CC1. The van der Waals surface area contributed by atoms with Crippen molar-refractivity contribution in [1.29, 1.82) is 0 Å². The molecule has 3 aromatic heterocycles. The molecule has 0 saturated carbocycles. The minimum Gasteiger partial charge on any atom is -0.345 e. The van der Waals surface area contributed by atoms with E-state index in [0.29, 0.717) is 0 Å². The number of likely N-dealkylation sites (N-methyl/N-ethyl adjacent to an activating group) is 1. The smallest absolute Gasteiger partial charge is 0.158 e. The van der Waals surface area contributed by atoms with E-state index in [1.165, 1.54) is 35.9 Å². The monoisotopic (exact) mass is 356 g/mol. The first kappa shape index (κ1) is 16.5. The fraction of sp³-hybridized carbons (Fsp3) is 0.474. The van der Waals surface area contributed by atoms with Gasteiger partial charge >= 0.3 is 0 Å². The number of aryl methyl sites for hydroxylation is 1. The summed E-state index contributed by atoms with van der Waals surface area (Å²) >= 11 is 1.73. The van der Waals surface area contributed by atoms with Crippen LogP contribution in [-0.4, -0.2) is 47.3 Å². The number of thiophene rings is 1. The maximum absolute atomic E-state index is 4.94. The highest BCUT2D eigenvalue weighted by atomic mass is 32.1. The maximum atomic E-state index is 4.94. The molecule has 0 atom stereocenters. The van der Waals surface area contributed by atoms with Crippen LogP contribution < -0.4 is 9.80 Å². The van der Waals surface area contributed by atoms with E-state index in [0.717, 1.165) is 36.5 Å². The summed E-state index contributed by atoms with van der Waals surface area (Å²) in [6, 6.07) is 6.33. The lowest BCUT2D eigenvalue weighted by Gasteiger charge is -2.34. The van der Waals surface area contributed by atoms with E-state index in [4.69, 9.17) is 10.1 Å². The van der Waals surface area contributed by atoms with Gasteiger partial charge in [0.25, 0.3) is 0 Å². The van der Waals surface area contributed by atoms with Crippen molar-refractivity contribution in [3.63, 3.8) is 0 Å². The van der Waals surface area contributed by atoms with Crippen molar-refractivity contribution in [2.45, 2.75) is 27.2 Å². The molecule has 25 heavy (non-hydrogen) atoms. The predicted octanol–water partition coefficient (Wildman–Crippen LogP) is 2.05. The van der Waals surface area contributed by atoms with Crippen molar-refractivity contribution in [3.8, 4) is 10.6 Å². The molecule has 0 unspecified atom stereocenters. The van der Waals surface area contributed by atoms with Crippen LogP contribution in [-0.2, 0) is 6.42 Å². The number of hydrogen-bond acceptors (Lipinski definition) is 4. The Balaban J connectivity index is 1.82. The van der Waals surface area contributed by atoms with Gasteiger partial charge in [0.05, 0.1) is 37.6 Å². The van der Waals surface area contributed by atoms with Crippen molar-refractivity contribution >= 4 is 22.8 Å². The van der Waals surface area contributed by atoms with Crippen molar-refractivity contribution in [2.24, 2.45) is 0 Å². The van der Waals surface area contributed by atoms with Crippen LogP contribution >= 0.6 is 11.3 Å². The number of anilines is 1. The molecule has 0 radical (unpaired) electrons. The van der Waals surface area contributed by atoms with Gasteiger partial charge < -0.3 is 9.80 Å². The molecule has 132 valence electrons. The molecule has 1 aliphatic heterocycles. The first-order valence-electron chi connectivity index (χ1n) is 9.23. The summed E-state index contributed by atoms with van der Waals surface area (Å²) in [6.07, 6.45) is 0.985. The van der Waals surface area contributed by atoms with E-state index in [1.807, 2.05) is 0 Å². The maximum Gasteiger partial charge on any atom is 0.158 e. The summed E-state index contributed by atoms with van der Waals surface area (Å²) in [5, 5.41) is 7.04. The third-order valence-corrected chi connectivity index (χ3v) is 6.17. The Morgan fingerprint density at radius 1 is 1.24 bits per heavy atom. The first-order chi connectivity index (χ1) is 12.2. The molecule has 1 aliphatic rings. The second-order valence-electron chi connectivity index (χ2n) is 6.72. The third-order valence-electron chi connectivity index (χ3n) is 5.28. The average molecular weight is 357 g/mol. The largest absolute Gasteiger partial charge is 0.345 e. The summed E-state index contributed by atoms with van der Waals surface area (Å²) in [4.78, 5) is 10.2. The minimum absolute atomic E-state index is 0.957. The van der Waals surface area contributed by atoms with Crippen LogP contribution in [0.3, 0.4) is 0 Å². The van der Waals surface area contributed by atoms with Gasteiger partial charge in [0.1, 0.15) is 11.5 Å². The van der Waals surface area contributed by atoms with Crippen LogP contribution in [0, 0.1) is 6.92 Å². The van der Waals surface area contributed by atoms with E-state index in [2.05, 4.69) is 53.8 Å². The van der Waals surface area contributed by atoms with E-state index in [-0.39, 0.29) is 0 Å². The Hall–Kier alpha value is -1.92. The van der Waals surface area contributed by atoms with Crippen LogP contribution in [0.2, 0.25) is 0 Å². The van der Waals surface area contributed by atoms with Crippen molar-refractivity contribution in [1.82, 2.24) is 14.6 Å². The van der Waals surface area contributed by atoms with Gasteiger partial charge in [-0.05, 0) is 31.7 Å². The molecule has 0 aliphatic carbocycles. The van der Waals surface area contributed by atoms with Gasteiger partial charge in [-0.15, -0.1) is 11.3 Å². The number of hydrogen-bond donors (Lipinski definition) is 1. The lowest BCUT2D eigenvalue weighted by Crippen LogP contribution is -3.14. The minimum atomic E-state index is 0.957. The molecule has 1 N–H and O–H groups in total. The quantitative estimate of drug-likeness (QED) is 0.778. The van der Waals surface area contributed by atoms with Gasteiger partial charge in [0.2, 0.25) is 0 Å². The molecular weight excluding hydrogens is 330 g/mol. The van der Waals surface area contributed by atoms with Crippen LogP contribution in [0.1, 0.15) is 25.1 Å². The molecule has 4 heterocycles. The molecule has 4 rings (SSSR count). The molecule has 0 bridgehead atoms. The Bertz CT molecular complexity index is 860. The molecule has 1 fully saturated rings. The molecule has 1 saturated heterocycles. The van der Waals surface area contributed by atoms with E-state index in [9.17, 15) is 0 Å². The Morgan fingerprint density at radius 2 is 2.04 bits per heavy atom. The van der Waals surface area contributed by atoms with Gasteiger partial charge in [-0.1, -0.05) is 13.0 Å². The molecule has 6 heteroatoms. The number of aromatic nitrogens is 3. The van der Waals surface area contributed by atoms with Crippen molar-refractivity contribution < 1.29 is 4.90 Å². The second kappa shape index (κ2) is 6.77. The van der Waals surface area contributed by atoms with Gasteiger partial charge in [-0.2, -0.15) is 9.61 Å². The van der Waals surface area contributed by atoms with Gasteiger partial charge in [-0.3, -0.25) is 0 Å². The Kier molecular flexibility index (Phi) is 4.48. The van der Waals surface area contributed by atoms with E-state index >= 15 is 0 Å². The summed E-state index contributed by atoms with van der Waals surface area (Å²) in [5.41, 5.74) is 4.44. The number of rotatable bonds is 4. The van der Waals surface area contributed by atoms with Crippen molar-refractivity contribution in [2.75, 3.05) is 37.6 Å². The highest BCUT2D eigenvalue weighted by molar-refractivity contribution is 7.13. The fourth-order valence-corrected chi connectivity index (χ4v) is 4.49. The molecule has 5 nitrogen and oxygen atoms in total. The molecule has 0 spiro atoms. The lowest BCUT2D eigenvalue weighted by molar-refractivity contribution is -0.898. The molecular formula is C19H26N5S+. The summed E-state index contributed by atoms with van der Waals surface area (Å²) in [6.45, 7) is 12.4. The predicted molar refractivity (Wildman–Crippen MR) is 104 cm³/mol. The summed E-state index contributed by atoms with van der Waals surface area (Å²) < 4.78 is 2.08. The van der Waals surface area contributed by atoms with Crippen molar-refractivity contribution in [3.05, 3.63) is 34.8 Å². The zero-order valence-electron chi connectivity index (χ0n) is 15.2.